The van der Waals surface area contributed by atoms with E-state index in [2.05, 4.69) is 12.2 Å². The van der Waals surface area contributed by atoms with Crippen molar-refractivity contribution in [3.63, 3.8) is 0 Å². The first-order valence-corrected chi connectivity index (χ1v) is 9.31. The number of carbonyl (C=O) groups is 2. The summed E-state index contributed by atoms with van der Waals surface area (Å²) in [7, 11) is 1.26. The van der Waals surface area contributed by atoms with Crippen molar-refractivity contribution in [1.82, 2.24) is 5.32 Å². The normalized spacial score (nSPS) is 12.5. The van der Waals surface area contributed by atoms with Crippen LogP contribution in [0.5, 0.6) is 0 Å². The van der Waals surface area contributed by atoms with Gasteiger partial charge in [-0.05, 0) is 24.1 Å². The summed E-state index contributed by atoms with van der Waals surface area (Å²) in [5.41, 5.74) is -0.314. The highest BCUT2D eigenvalue weighted by atomic mass is 19.4. The molecule has 152 valence electrons. The average molecular weight is 387 g/mol. The third kappa shape index (κ3) is 8.93. The summed E-state index contributed by atoms with van der Waals surface area (Å²) in [5, 5.41) is 2.63. The van der Waals surface area contributed by atoms with E-state index in [9.17, 15) is 22.8 Å². The zero-order valence-electron chi connectivity index (χ0n) is 15.9. The molecule has 7 heteroatoms. The molecule has 0 fully saturated rings. The first kappa shape index (κ1) is 23.0. The molecule has 0 heterocycles. The van der Waals surface area contributed by atoms with Crippen LogP contribution in [0, 0.1) is 0 Å². The van der Waals surface area contributed by atoms with Crippen LogP contribution in [0.25, 0.3) is 0 Å². The lowest BCUT2D eigenvalue weighted by Crippen LogP contribution is -2.42. The number of methoxy groups -OCH3 is 1. The molecule has 27 heavy (non-hydrogen) atoms. The number of amides is 1. The van der Waals surface area contributed by atoms with Gasteiger partial charge in [-0.1, -0.05) is 57.6 Å². The molecule has 0 radical (unpaired) electrons. The van der Waals surface area contributed by atoms with Gasteiger partial charge < -0.3 is 10.1 Å². The molecule has 1 N–H and O–H groups in total. The molecule has 0 spiro atoms. The second kappa shape index (κ2) is 11.6. The van der Waals surface area contributed by atoms with Crippen LogP contribution < -0.4 is 5.32 Å². The zero-order chi connectivity index (χ0) is 20.3. The summed E-state index contributed by atoms with van der Waals surface area (Å²) in [5.74, 6) is -0.930. The monoisotopic (exact) mass is 387 g/mol. The second-order valence-electron chi connectivity index (χ2n) is 6.57. The molecule has 1 amide bonds. The van der Waals surface area contributed by atoms with E-state index in [1.165, 1.54) is 25.7 Å². The van der Waals surface area contributed by atoms with Gasteiger partial charge in [0.1, 0.15) is 6.04 Å². The Morgan fingerprint density at radius 1 is 1.04 bits per heavy atom. The van der Waals surface area contributed by atoms with Crippen molar-refractivity contribution in [2.45, 2.75) is 70.5 Å². The van der Waals surface area contributed by atoms with Crippen molar-refractivity contribution in [3.8, 4) is 0 Å². The fourth-order valence-corrected chi connectivity index (χ4v) is 2.76. The molecule has 0 bridgehead atoms. The zero-order valence-corrected chi connectivity index (χ0v) is 15.9. The van der Waals surface area contributed by atoms with E-state index in [1.54, 1.807) is 0 Å². The average Bonchev–Trinajstić information content (AvgIpc) is 2.62. The number of hydrogen-bond donors (Lipinski definition) is 1. The van der Waals surface area contributed by atoms with E-state index >= 15 is 0 Å². The Morgan fingerprint density at radius 2 is 1.63 bits per heavy atom. The van der Waals surface area contributed by atoms with Crippen molar-refractivity contribution in [2.24, 2.45) is 0 Å². The molecule has 0 saturated carbocycles. The van der Waals surface area contributed by atoms with Gasteiger partial charge in [-0.2, -0.15) is 13.2 Å². The first-order valence-electron chi connectivity index (χ1n) is 9.31. The smallest absolute Gasteiger partial charge is 0.416 e. The number of carbonyl (C=O) groups excluding carboxylic acids is 2. The van der Waals surface area contributed by atoms with Crippen molar-refractivity contribution in [3.05, 3.63) is 35.4 Å². The molecular weight excluding hydrogens is 359 g/mol. The first-order chi connectivity index (χ1) is 12.8. The molecule has 4 nitrogen and oxygen atoms in total. The molecule has 0 aliphatic heterocycles. The molecule has 1 aromatic carbocycles. The Hall–Kier alpha value is -2.05. The Bertz CT molecular complexity index is 585. The SMILES string of the molecule is CCCCCCCC[C@@H](NC(=O)Cc1ccc(C(F)(F)F)cc1)C(=O)OC. The Morgan fingerprint density at radius 3 is 2.19 bits per heavy atom. The van der Waals surface area contributed by atoms with Gasteiger partial charge in [-0.15, -0.1) is 0 Å². The van der Waals surface area contributed by atoms with E-state index in [-0.39, 0.29) is 6.42 Å². The topological polar surface area (TPSA) is 55.4 Å². The predicted octanol–water partition coefficient (Wildman–Crippen LogP) is 4.66. The third-order valence-corrected chi connectivity index (χ3v) is 4.31. The van der Waals surface area contributed by atoms with Gasteiger partial charge in [-0.25, -0.2) is 4.79 Å². The number of alkyl halides is 3. The Balaban J connectivity index is 2.52. The van der Waals surface area contributed by atoms with Gasteiger partial charge >= 0.3 is 12.1 Å². The van der Waals surface area contributed by atoms with Gasteiger partial charge in [0, 0.05) is 0 Å². The van der Waals surface area contributed by atoms with Gasteiger partial charge in [0.25, 0.3) is 0 Å². The van der Waals surface area contributed by atoms with Crippen LogP contribution in [0.3, 0.4) is 0 Å². The van der Waals surface area contributed by atoms with E-state index in [1.807, 2.05) is 0 Å². The minimum absolute atomic E-state index is 0.0951. The van der Waals surface area contributed by atoms with Gasteiger partial charge in [0.05, 0.1) is 19.1 Å². The number of rotatable bonds is 11. The highest BCUT2D eigenvalue weighted by Crippen LogP contribution is 2.29. The van der Waals surface area contributed by atoms with E-state index in [4.69, 9.17) is 4.74 Å². The molecule has 0 saturated heterocycles. The van der Waals surface area contributed by atoms with Crippen LogP contribution in [0.2, 0.25) is 0 Å². The summed E-state index contributed by atoms with van der Waals surface area (Å²) in [4.78, 5) is 24.0. The summed E-state index contributed by atoms with van der Waals surface area (Å²) in [6.07, 6.45) is 2.33. The number of nitrogens with one attached hydrogen (secondary N) is 1. The van der Waals surface area contributed by atoms with E-state index in [0.717, 1.165) is 44.2 Å². The van der Waals surface area contributed by atoms with Crippen LogP contribution in [0.1, 0.15) is 63.0 Å². The number of halogens is 3. The van der Waals surface area contributed by atoms with Crippen molar-refractivity contribution in [2.75, 3.05) is 7.11 Å². The lowest BCUT2D eigenvalue weighted by molar-refractivity contribution is -0.145. The largest absolute Gasteiger partial charge is 0.467 e. The number of ether oxygens (including phenoxy) is 1. The third-order valence-electron chi connectivity index (χ3n) is 4.31. The summed E-state index contributed by atoms with van der Waals surface area (Å²) >= 11 is 0. The van der Waals surface area contributed by atoms with Crippen molar-refractivity contribution >= 4 is 11.9 Å². The maximum Gasteiger partial charge on any atom is 0.416 e. The predicted molar refractivity (Wildman–Crippen MR) is 97.1 cm³/mol. The standard InChI is InChI=1S/C20H28F3NO3/c1-3-4-5-6-7-8-9-17(19(26)27-2)24-18(25)14-15-10-12-16(13-11-15)20(21,22)23/h10-13,17H,3-9,14H2,1-2H3,(H,24,25)/t17-/m1/s1. The molecule has 0 aliphatic carbocycles. The number of unbranched alkanes of at least 4 members (excludes halogenated alkanes) is 5. The molecule has 1 rings (SSSR count). The van der Waals surface area contributed by atoms with Gasteiger partial charge in [0.2, 0.25) is 5.91 Å². The molecule has 0 aromatic heterocycles. The number of benzene rings is 1. The summed E-state index contributed by atoms with van der Waals surface area (Å²) < 4.78 is 42.4. The second-order valence-corrected chi connectivity index (χ2v) is 6.57. The summed E-state index contributed by atoms with van der Waals surface area (Å²) in [6, 6.07) is 3.68. The molecular formula is C20H28F3NO3. The molecule has 1 atom stereocenters. The van der Waals surface area contributed by atoms with E-state index in [0.29, 0.717) is 12.0 Å². The van der Waals surface area contributed by atoms with Gasteiger partial charge in [-0.3, -0.25) is 4.79 Å². The molecule has 0 unspecified atom stereocenters. The van der Waals surface area contributed by atoms with Crippen LogP contribution in [0.15, 0.2) is 24.3 Å². The molecule has 1 aromatic rings. The summed E-state index contributed by atoms with van der Waals surface area (Å²) in [6.45, 7) is 2.14. The minimum atomic E-state index is -4.41. The fraction of sp³-hybridized carbons (Fsp3) is 0.600. The Labute approximate surface area is 158 Å². The van der Waals surface area contributed by atoms with Gasteiger partial charge in [0.15, 0.2) is 0 Å². The maximum atomic E-state index is 12.6. The molecule has 0 aliphatic rings. The van der Waals surface area contributed by atoms with E-state index < -0.39 is 29.7 Å². The Kier molecular flexibility index (Phi) is 9.89. The fourth-order valence-electron chi connectivity index (χ4n) is 2.76. The lowest BCUT2D eigenvalue weighted by Gasteiger charge is -2.16. The van der Waals surface area contributed by atoms with Crippen LogP contribution in [0.4, 0.5) is 13.2 Å². The van der Waals surface area contributed by atoms with Crippen molar-refractivity contribution in [1.29, 1.82) is 0 Å². The van der Waals surface area contributed by atoms with Crippen LogP contribution >= 0.6 is 0 Å². The van der Waals surface area contributed by atoms with Crippen molar-refractivity contribution < 1.29 is 27.5 Å². The minimum Gasteiger partial charge on any atom is -0.467 e. The lowest BCUT2D eigenvalue weighted by atomic mass is 10.0. The maximum absolute atomic E-state index is 12.6. The van der Waals surface area contributed by atoms with Crippen LogP contribution in [-0.4, -0.2) is 25.0 Å². The highest BCUT2D eigenvalue weighted by Gasteiger charge is 2.30. The number of hydrogen-bond acceptors (Lipinski definition) is 3. The highest BCUT2D eigenvalue weighted by molar-refractivity contribution is 5.85. The number of esters is 1. The van der Waals surface area contributed by atoms with Crippen LogP contribution in [-0.2, 0) is 26.9 Å². The quantitative estimate of drug-likeness (QED) is 0.444.